The molecule has 1 N–H and O–H groups in total. The molecule has 0 saturated heterocycles. The monoisotopic (exact) mass is 311 g/mol. The van der Waals surface area contributed by atoms with E-state index in [9.17, 15) is 4.79 Å². The maximum absolute atomic E-state index is 11.2. The summed E-state index contributed by atoms with van der Waals surface area (Å²) < 4.78 is 5.69. The van der Waals surface area contributed by atoms with Crippen molar-refractivity contribution in [1.82, 2.24) is 5.32 Å². The number of nitrogens with one attached hydrogen (secondary N) is 1. The molecular formula is C14H18BrNO2. The van der Waals surface area contributed by atoms with Crippen LogP contribution in [-0.2, 0) is 9.53 Å². The fraction of sp³-hybridized carbons (Fsp3) is 0.357. The summed E-state index contributed by atoms with van der Waals surface area (Å²) in [7, 11) is 1.39. The highest BCUT2D eigenvalue weighted by atomic mass is 79.9. The molecule has 0 spiro atoms. The summed E-state index contributed by atoms with van der Waals surface area (Å²) in [6.07, 6.45) is 1.83. The lowest BCUT2D eigenvalue weighted by molar-refractivity contribution is -0.136. The average Bonchev–Trinajstić information content (AvgIpc) is 2.37. The van der Waals surface area contributed by atoms with Crippen LogP contribution in [0.3, 0.4) is 0 Å². The maximum Gasteiger partial charge on any atom is 0.333 e. The lowest BCUT2D eigenvalue weighted by Crippen LogP contribution is -2.19. The van der Waals surface area contributed by atoms with E-state index in [1.54, 1.807) is 6.92 Å². The van der Waals surface area contributed by atoms with E-state index >= 15 is 0 Å². The zero-order valence-electron chi connectivity index (χ0n) is 10.9. The third-order valence-corrected chi connectivity index (χ3v) is 3.18. The molecule has 1 rings (SSSR count). The third-order valence-electron chi connectivity index (χ3n) is 2.69. The number of carbonyl (C=O) groups excluding carboxylic acids is 1. The summed E-state index contributed by atoms with van der Waals surface area (Å²) in [5.41, 5.74) is 1.82. The first-order valence-corrected chi connectivity index (χ1v) is 6.58. The average molecular weight is 312 g/mol. The zero-order chi connectivity index (χ0) is 13.5. The lowest BCUT2D eigenvalue weighted by atomic mass is 10.1. The predicted octanol–water partition coefficient (Wildman–Crippen LogP) is 3.22. The van der Waals surface area contributed by atoms with E-state index in [2.05, 4.69) is 45.0 Å². The molecule has 0 unspecified atom stereocenters. The molecule has 0 heterocycles. The van der Waals surface area contributed by atoms with Crippen LogP contribution in [0, 0.1) is 0 Å². The number of hydrogen-bond donors (Lipinski definition) is 1. The van der Waals surface area contributed by atoms with Crippen LogP contribution < -0.4 is 5.32 Å². The highest BCUT2D eigenvalue weighted by Crippen LogP contribution is 2.17. The van der Waals surface area contributed by atoms with Crippen molar-refractivity contribution in [2.45, 2.75) is 19.9 Å². The van der Waals surface area contributed by atoms with Gasteiger partial charge < -0.3 is 10.1 Å². The summed E-state index contributed by atoms with van der Waals surface area (Å²) in [5.74, 6) is -0.285. The van der Waals surface area contributed by atoms with Gasteiger partial charge in [-0.3, -0.25) is 0 Å². The fourth-order valence-electron chi connectivity index (χ4n) is 1.53. The number of benzene rings is 1. The fourth-order valence-corrected chi connectivity index (χ4v) is 1.94. The van der Waals surface area contributed by atoms with Gasteiger partial charge in [0.05, 0.1) is 7.11 Å². The van der Waals surface area contributed by atoms with E-state index in [4.69, 9.17) is 0 Å². The molecule has 0 fully saturated rings. The minimum absolute atomic E-state index is 0.226. The van der Waals surface area contributed by atoms with Crippen molar-refractivity contribution >= 4 is 21.9 Å². The molecule has 0 aromatic heterocycles. The van der Waals surface area contributed by atoms with Crippen molar-refractivity contribution < 1.29 is 9.53 Å². The smallest absolute Gasteiger partial charge is 0.333 e. The number of esters is 1. The quantitative estimate of drug-likeness (QED) is 0.670. The van der Waals surface area contributed by atoms with Gasteiger partial charge in [0.1, 0.15) is 0 Å². The molecule has 4 heteroatoms. The summed E-state index contributed by atoms with van der Waals surface area (Å²) >= 11 is 3.45. The summed E-state index contributed by atoms with van der Waals surface area (Å²) in [5, 5.41) is 3.33. The number of methoxy groups -OCH3 is 1. The minimum Gasteiger partial charge on any atom is -0.466 e. The van der Waals surface area contributed by atoms with Crippen molar-refractivity contribution in [3.05, 3.63) is 46.0 Å². The van der Waals surface area contributed by atoms with E-state index in [1.807, 2.05) is 18.2 Å². The number of halogens is 1. The van der Waals surface area contributed by atoms with Crippen LogP contribution in [0.5, 0.6) is 0 Å². The van der Waals surface area contributed by atoms with E-state index in [0.29, 0.717) is 12.1 Å². The van der Waals surface area contributed by atoms with Gasteiger partial charge in [0, 0.05) is 22.6 Å². The number of rotatable bonds is 5. The van der Waals surface area contributed by atoms with E-state index in [0.717, 1.165) is 4.47 Å². The van der Waals surface area contributed by atoms with Crippen LogP contribution in [0.4, 0.5) is 0 Å². The van der Waals surface area contributed by atoms with Gasteiger partial charge in [0.15, 0.2) is 0 Å². The van der Waals surface area contributed by atoms with Gasteiger partial charge in [-0.1, -0.05) is 34.1 Å². The van der Waals surface area contributed by atoms with Gasteiger partial charge in [0.25, 0.3) is 0 Å². The minimum atomic E-state index is -0.285. The summed E-state index contributed by atoms with van der Waals surface area (Å²) in [6, 6.07) is 8.38. The van der Waals surface area contributed by atoms with Crippen LogP contribution >= 0.6 is 15.9 Å². The third kappa shape index (κ3) is 4.63. The molecule has 0 radical (unpaired) electrons. The Hall–Kier alpha value is -1.13. The Morgan fingerprint density at radius 1 is 1.56 bits per heavy atom. The SMILES string of the molecule is COC(=O)/C(C)=C/CN[C@@H](C)c1cccc(Br)c1. The van der Waals surface area contributed by atoms with Crippen LogP contribution in [0.15, 0.2) is 40.4 Å². The Kier molecular flexibility index (Phi) is 6.09. The molecule has 0 aliphatic heterocycles. The molecule has 1 aromatic rings. The predicted molar refractivity (Wildman–Crippen MR) is 76.3 cm³/mol. The van der Waals surface area contributed by atoms with Gasteiger partial charge in [-0.15, -0.1) is 0 Å². The first-order chi connectivity index (χ1) is 8.54. The summed E-state index contributed by atoms with van der Waals surface area (Å²) in [4.78, 5) is 11.2. The summed E-state index contributed by atoms with van der Waals surface area (Å²) in [6.45, 7) is 4.47. The largest absolute Gasteiger partial charge is 0.466 e. The molecule has 3 nitrogen and oxygen atoms in total. The Balaban J connectivity index is 2.52. The first-order valence-electron chi connectivity index (χ1n) is 5.78. The molecule has 0 bridgehead atoms. The molecular weight excluding hydrogens is 294 g/mol. The normalized spacial score (nSPS) is 13.2. The van der Waals surface area contributed by atoms with Crippen molar-refractivity contribution in [3.63, 3.8) is 0 Å². The van der Waals surface area contributed by atoms with Gasteiger partial charge in [-0.25, -0.2) is 4.79 Å². The molecule has 0 aliphatic carbocycles. The highest BCUT2D eigenvalue weighted by Gasteiger charge is 2.05. The second kappa shape index (κ2) is 7.34. The molecule has 0 aliphatic rings. The number of hydrogen-bond acceptors (Lipinski definition) is 3. The second-order valence-electron chi connectivity index (χ2n) is 4.06. The zero-order valence-corrected chi connectivity index (χ0v) is 12.5. The number of carbonyl (C=O) groups is 1. The molecule has 0 amide bonds. The van der Waals surface area contributed by atoms with E-state index < -0.39 is 0 Å². The Morgan fingerprint density at radius 2 is 2.28 bits per heavy atom. The number of ether oxygens (including phenoxy) is 1. The van der Waals surface area contributed by atoms with Crippen LogP contribution in [0.25, 0.3) is 0 Å². The molecule has 0 saturated carbocycles. The van der Waals surface area contributed by atoms with Crippen molar-refractivity contribution in [2.24, 2.45) is 0 Å². The van der Waals surface area contributed by atoms with Crippen LogP contribution in [0.2, 0.25) is 0 Å². The van der Waals surface area contributed by atoms with Gasteiger partial charge in [-0.2, -0.15) is 0 Å². The highest BCUT2D eigenvalue weighted by molar-refractivity contribution is 9.10. The topological polar surface area (TPSA) is 38.3 Å². The van der Waals surface area contributed by atoms with Crippen molar-refractivity contribution in [1.29, 1.82) is 0 Å². The lowest BCUT2D eigenvalue weighted by Gasteiger charge is -2.13. The molecule has 98 valence electrons. The van der Waals surface area contributed by atoms with Gasteiger partial charge >= 0.3 is 5.97 Å². The van der Waals surface area contributed by atoms with Gasteiger partial charge in [0.2, 0.25) is 0 Å². The van der Waals surface area contributed by atoms with Crippen LogP contribution in [-0.4, -0.2) is 19.6 Å². The van der Waals surface area contributed by atoms with E-state index in [-0.39, 0.29) is 12.0 Å². The first kappa shape index (κ1) is 14.9. The maximum atomic E-state index is 11.2. The standard InChI is InChI=1S/C14H18BrNO2/c1-10(14(17)18-3)7-8-16-11(2)12-5-4-6-13(15)9-12/h4-7,9,11,16H,8H2,1-3H3/b10-7+/t11-/m0/s1. The van der Waals surface area contributed by atoms with Crippen molar-refractivity contribution in [3.8, 4) is 0 Å². The van der Waals surface area contributed by atoms with Gasteiger partial charge in [-0.05, 0) is 31.5 Å². The van der Waals surface area contributed by atoms with Crippen molar-refractivity contribution in [2.75, 3.05) is 13.7 Å². The Morgan fingerprint density at radius 3 is 2.89 bits per heavy atom. The van der Waals surface area contributed by atoms with E-state index in [1.165, 1.54) is 12.7 Å². The molecule has 18 heavy (non-hydrogen) atoms. The second-order valence-corrected chi connectivity index (χ2v) is 4.98. The molecule has 1 atom stereocenters. The van der Waals surface area contributed by atoms with Crippen LogP contribution in [0.1, 0.15) is 25.5 Å². The molecule has 1 aromatic carbocycles. The Labute approximate surface area is 116 Å². The Bertz CT molecular complexity index is 443.